The molecule has 0 N–H and O–H groups in total. The first-order valence-corrected chi connectivity index (χ1v) is 8.09. The molecule has 0 spiro atoms. The van der Waals surface area contributed by atoms with Crippen molar-refractivity contribution in [2.24, 2.45) is 0 Å². The number of nitrogens with zero attached hydrogens (tertiary/aromatic N) is 2. The van der Waals surface area contributed by atoms with Crippen LogP contribution in [0, 0.1) is 0 Å². The molecular formula is C17H21F3N2O. The average molecular weight is 326 g/mol. The number of halogens is 3. The maximum atomic E-state index is 12.9. The van der Waals surface area contributed by atoms with E-state index in [0.717, 1.165) is 49.3 Å². The molecule has 1 aliphatic heterocycles. The highest BCUT2D eigenvalue weighted by Crippen LogP contribution is 2.33. The van der Waals surface area contributed by atoms with Crippen molar-refractivity contribution in [1.29, 1.82) is 0 Å². The smallest absolute Gasteiger partial charge is 0.376 e. The molecule has 23 heavy (non-hydrogen) atoms. The molecule has 0 bridgehead atoms. The quantitative estimate of drug-likeness (QED) is 0.811. The van der Waals surface area contributed by atoms with Gasteiger partial charge in [0, 0.05) is 12.5 Å². The number of rotatable bonds is 4. The summed E-state index contributed by atoms with van der Waals surface area (Å²) in [6.07, 6.45) is -1.31. The maximum Gasteiger partial charge on any atom is 0.416 e. The molecule has 1 aromatic carbocycles. The maximum absolute atomic E-state index is 12.9. The Hall–Kier alpha value is -1.56. The molecule has 3 rings (SSSR count). The van der Waals surface area contributed by atoms with Crippen molar-refractivity contribution in [3.8, 4) is 0 Å². The minimum absolute atomic E-state index is 0.123. The van der Waals surface area contributed by atoms with Gasteiger partial charge in [-0.1, -0.05) is 13.8 Å². The van der Waals surface area contributed by atoms with Crippen LogP contribution >= 0.6 is 0 Å². The van der Waals surface area contributed by atoms with E-state index in [1.165, 1.54) is 6.07 Å². The fourth-order valence-electron chi connectivity index (χ4n) is 3.07. The molecule has 126 valence electrons. The molecule has 1 fully saturated rings. The summed E-state index contributed by atoms with van der Waals surface area (Å²) in [6, 6.07) is 3.82. The van der Waals surface area contributed by atoms with Gasteiger partial charge >= 0.3 is 6.18 Å². The zero-order valence-corrected chi connectivity index (χ0v) is 13.4. The number of alkyl halides is 3. The van der Waals surface area contributed by atoms with E-state index < -0.39 is 11.7 Å². The average Bonchev–Trinajstić information content (AvgIpc) is 3.13. The monoisotopic (exact) mass is 326 g/mol. The predicted molar refractivity (Wildman–Crippen MR) is 82.4 cm³/mol. The van der Waals surface area contributed by atoms with Gasteiger partial charge in [-0.2, -0.15) is 13.2 Å². The summed E-state index contributed by atoms with van der Waals surface area (Å²) in [5.41, 5.74) is 0.513. The van der Waals surface area contributed by atoms with Crippen molar-refractivity contribution in [2.45, 2.75) is 57.9 Å². The minimum Gasteiger partial charge on any atom is -0.376 e. The van der Waals surface area contributed by atoms with E-state index in [9.17, 15) is 13.2 Å². The number of fused-ring (bicyclic) bond motifs is 1. The second kappa shape index (κ2) is 6.15. The molecule has 2 atom stereocenters. The third kappa shape index (κ3) is 3.22. The normalized spacial score (nSPS) is 20.3. The lowest BCUT2D eigenvalue weighted by Crippen LogP contribution is -2.18. The minimum atomic E-state index is -4.34. The van der Waals surface area contributed by atoms with Crippen LogP contribution in [0.15, 0.2) is 18.2 Å². The second-order valence-electron chi connectivity index (χ2n) is 6.23. The molecule has 3 nitrogen and oxygen atoms in total. The van der Waals surface area contributed by atoms with Crippen molar-refractivity contribution in [1.82, 2.24) is 9.55 Å². The lowest BCUT2D eigenvalue weighted by molar-refractivity contribution is -0.137. The summed E-state index contributed by atoms with van der Waals surface area (Å²) in [4.78, 5) is 4.51. The fourth-order valence-corrected chi connectivity index (χ4v) is 3.07. The summed E-state index contributed by atoms with van der Waals surface area (Å²) in [6.45, 7) is 5.52. The molecular weight excluding hydrogens is 305 g/mol. The summed E-state index contributed by atoms with van der Waals surface area (Å²) < 4.78 is 46.5. The molecule has 2 unspecified atom stereocenters. The van der Waals surface area contributed by atoms with Crippen LogP contribution in [-0.2, 0) is 17.5 Å². The third-order valence-electron chi connectivity index (χ3n) is 4.57. The van der Waals surface area contributed by atoms with Crippen molar-refractivity contribution < 1.29 is 17.9 Å². The van der Waals surface area contributed by atoms with Crippen molar-refractivity contribution >= 4 is 11.0 Å². The first-order valence-electron chi connectivity index (χ1n) is 8.09. The van der Waals surface area contributed by atoms with Crippen LogP contribution in [0.2, 0.25) is 0 Å². The van der Waals surface area contributed by atoms with Gasteiger partial charge in [-0.3, -0.25) is 0 Å². The highest BCUT2D eigenvalue weighted by Gasteiger charge is 2.31. The van der Waals surface area contributed by atoms with Crippen LogP contribution in [0.4, 0.5) is 13.2 Å². The second-order valence-corrected chi connectivity index (χ2v) is 6.23. The van der Waals surface area contributed by atoms with Gasteiger partial charge in [-0.05, 0) is 37.5 Å². The van der Waals surface area contributed by atoms with Crippen LogP contribution in [0.5, 0.6) is 0 Å². The molecule has 1 saturated heterocycles. The Labute approximate surface area is 133 Å². The molecule has 0 saturated carbocycles. The molecule has 1 aliphatic rings. The van der Waals surface area contributed by atoms with Gasteiger partial charge in [-0.25, -0.2) is 4.98 Å². The van der Waals surface area contributed by atoms with Gasteiger partial charge in [0.2, 0.25) is 0 Å². The highest BCUT2D eigenvalue weighted by molar-refractivity contribution is 5.77. The highest BCUT2D eigenvalue weighted by atomic mass is 19.4. The summed E-state index contributed by atoms with van der Waals surface area (Å²) in [5, 5.41) is 0. The molecule has 0 aliphatic carbocycles. The largest absolute Gasteiger partial charge is 0.416 e. The van der Waals surface area contributed by atoms with Gasteiger partial charge in [-0.15, -0.1) is 0 Å². The van der Waals surface area contributed by atoms with Gasteiger partial charge < -0.3 is 9.30 Å². The van der Waals surface area contributed by atoms with E-state index in [-0.39, 0.29) is 12.0 Å². The summed E-state index contributed by atoms with van der Waals surface area (Å²) >= 11 is 0. The Morgan fingerprint density at radius 3 is 2.78 bits per heavy atom. The number of hydrogen-bond donors (Lipinski definition) is 0. The first kappa shape index (κ1) is 16.3. The van der Waals surface area contributed by atoms with Crippen LogP contribution in [0.3, 0.4) is 0 Å². The number of benzene rings is 1. The summed E-state index contributed by atoms with van der Waals surface area (Å²) in [7, 11) is 0. The van der Waals surface area contributed by atoms with Crippen LogP contribution in [-0.4, -0.2) is 22.3 Å². The Bertz CT molecular complexity index is 687. The van der Waals surface area contributed by atoms with Gasteiger partial charge in [0.1, 0.15) is 5.82 Å². The Morgan fingerprint density at radius 2 is 2.17 bits per heavy atom. The standard InChI is InChI=1S/C17H21F3N2O/c1-3-11(2)16-21-14-9-12(17(18,19)20)6-7-15(14)22(16)10-13-5-4-8-23-13/h6-7,9,11,13H,3-5,8,10H2,1-2H3. The number of aromatic nitrogens is 2. The van der Waals surface area contributed by atoms with Crippen LogP contribution in [0.25, 0.3) is 11.0 Å². The molecule has 0 radical (unpaired) electrons. The Balaban J connectivity index is 2.06. The van der Waals surface area contributed by atoms with Crippen molar-refractivity contribution in [3.05, 3.63) is 29.6 Å². The van der Waals surface area contributed by atoms with Crippen molar-refractivity contribution in [3.63, 3.8) is 0 Å². The molecule has 2 heterocycles. The number of imidazole rings is 1. The summed E-state index contributed by atoms with van der Waals surface area (Å²) in [5.74, 6) is 1.04. The molecule has 2 aromatic rings. The predicted octanol–water partition coefficient (Wildman–Crippen LogP) is 4.75. The van der Waals surface area contributed by atoms with Gasteiger partial charge in [0.25, 0.3) is 0 Å². The molecule has 0 amide bonds. The van der Waals surface area contributed by atoms with E-state index in [2.05, 4.69) is 18.8 Å². The van der Waals surface area contributed by atoms with E-state index in [4.69, 9.17) is 4.74 Å². The Morgan fingerprint density at radius 1 is 1.39 bits per heavy atom. The lowest BCUT2D eigenvalue weighted by atomic mass is 10.1. The number of hydrogen-bond acceptors (Lipinski definition) is 2. The third-order valence-corrected chi connectivity index (χ3v) is 4.57. The SMILES string of the molecule is CCC(C)c1nc2cc(C(F)(F)F)ccc2n1CC1CCCO1. The Kier molecular flexibility index (Phi) is 4.36. The van der Waals surface area contributed by atoms with E-state index in [1.54, 1.807) is 0 Å². The van der Waals surface area contributed by atoms with Gasteiger partial charge in [0.05, 0.1) is 29.2 Å². The van der Waals surface area contributed by atoms with Crippen molar-refractivity contribution in [2.75, 3.05) is 6.61 Å². The topological polar surface area (TPSA) is 27.1 Å². The molecule has 1 aromatic heterocycles. The number of ether oxygens (including phenoxy) is 1. The van der Waals surface area contributed by atoms with Gasteiger partial charge in [0.15, 0.2) is 0 Å². The van der Waals surface area contributed by atoms with E-state index in [0.29, 0.717) is 12.1 Å². The fraction of sp³-hybridized carbons (Fsp3) is 0.588. The van der Waals surface area contributed by atoms with E-state index in [1.807, 2.05) is 4.57 Å². The van der Waals surface area contributed by atoms with E-state index >= 15 is 0 Å². The molecule has 6 heteroatoms. The zero-order chi connectivity index (χ0) is 16.6. The van der Waals surface area contributed by atoms with Crippen LogP contribution in [0.1, 0.15) is 50.4 Å². The lowest BCUT2D eigenvalue weighted by Gasteiger charge is -2.17. The van der Waals surface area contributed by atoms with Crippen LogP contribution < -0.4 is 0 Å². The zero-order valence-electron chi connectivity index (χ0n) is 13.4. The first-order chi connectivity index (χ1) is 10.9.